The van der Waals surface area contributed by atoms with Gasteiger partial charge in [0.15, 0.2) is 0 Å². The number of hydrogen-bond acceptors (Lipinski definition) is 3. The summed E-state index contributed by atoms with van der Waals surface area (Å²) in [7, 11) is 1.87. The van der Waals surface area contributed by atoms with E-state index in [1.54, 1.807) is 10.9 Å². The standard InChI is InChI=1S/C14H17BrN4O/c1-18-12-8-11(16-9-10(12)13(15)17-18)14(20)19-6-4-2-3-5-7-19/h8-9H,2-7H2,1H3. The second-order valence-corrected chi connectivity index (χ2v) is 5.96. The minimum absolute atomic E-state index is 0.0334. The summed E-state index contributed by atoms with van der Waals surface area (Å²) in [5.41, 5.74) is 1.43. The minimum atomic E-state index is 0.0334. The number of nitrogens with zero attached hydrogens (tertiary/aromatic N) is 4. The summed E-state index contributed by atoms with van der Waals surface area (Å²) in [4.78, 5) is 18.8. The van der Waals surface area contributed by atoms with Crippen LogP contribution in [0, 0.1) is 0 Å². The number of aryl methyl sites for hydroxylation is 1. The van der Waals surface area contributed by atoms with Gasteiger partial charge in [-0.05, 0) is 34.8 Å². The van der Waals surface area contributed by atoms with Gasteiger partial charge in [-0.2, -0.15) is 5.10 Å². The zero-order valence-electron chi connectivity index (χ0n) is 11.5. The lowest BCUT2D eigenvalue weighted by atomic mass is 10.2. The van der Waals surface area contributed by atoms with Crippen LogP contribution in [0.15, 0.2) is 16.9 Å². The summed E-state index contributed by atoms with van der Waals surface area (Å²) in [5, 5.41) is 5.22. The molecule has 20 heavy (non-hydrogen) atoms. The quantitative estimate of drug-likeness (QED) is 0.804. The largest absolute Gasteiger partial charge is 0.337 e. The first kappa shape index (κ1) is 13.5. The Morgan fingerprint density at radius 3 is 2.65 bits per heavy atom. The van der Waals surface area contributed by atoms with E-state index in [-0.39, 0.29) is 5.91 Å². The van der Waals surface area contributed by atoms with Gasteiger partial charge in [0, 0.05) is 26.3 Å². The third kappa shape index (κ3) is 2.44. The molecule has 0 aliphatic carbocycles. The van der Waals surface area contributed by atoms with E-state index < -0.39 is 0 Å². The molecule has 0 unspecified atom stereocenters. The molecule has 1 aliphatic heterocycles. The van der Waals surface area contributed by atoms with E-state index in [9.17, 15) is 4.79 Å². The van der Waals surface area contributed by atoms with Gasteiger partial charge < -0.3 is 4.90 Å². The van der Waals surface area contributed by atoms with E-state index in [4.69, 9.17) is 0 Å². The Balaban J connectivity index is 1.92. The predicted molar refractivity (Wildman–Crippen MR) is 80.6 cm³/mol. The first-order valence-electron chi connectivity index (χ1n) is 6.94. The Labute approximate surface area is 126 Å². The Hall–Kier alpha value is -1.43. The van der Waals surface area contributed by atoms with E-state index >= 15 is 0 Å². The molecule has 1 fully saturated rings. The molecule has 0 N–H and O–H groups in total. The number of hydrogen-bond donors (Lipinski definition) is 0. The number of rotatable bonds is 1. The molecule has 3 rings (SSSR count). The van der Waals surface area contributed by atoms with E-state index in [1.807, 2.05) is 18.0 Å². The molecular formula is C14H17BrN4O. The highest BCUT2D eigenvalue weighted by atomic mass is 79.9. The summed E-state index contributed by atoms with van der Waals surface area (Å²) in [6, 6.07) is 1.83. The average molecular weight is 337 g/mol. The molecule has 0 saturated carbocycles. The molecule has 0 atom stereocenters. The van der Waals surface area contributed by atoms with Gasteiger partial charge in [-0.3, -0.25) is 14.5 Å². The number of carbonyl (C=O) groups excluding carboxylic acids is 1. The van der Waals surface area contributed by atoms with Crippen molar-refractivity contribution in [3.8, 4) is 0 Å². The Bertz CT molecular complexity index is 644. The molecular weight excluding hydrogens is 320 g/mol. The number of halogens is 1. The van der Waals surface area contributed by atoms with Crippen molar-refractivity contribution in [2.45, 2.75) is 25.7 Å². The molecule has 106 valence electrons. The molecule has 2 aromatic rings. The van der Waals surface area contributed by atoms with Crippen LogP contribution in [0.3, 0.4) is 0 Å². The second-order valence-electron chi connectivity index (χ2n) is 5.21. The molecule has 1 amide bonds. The Morgan fingerprint density at radius 2 is 1.95 bits per heavy atom. The molecule has 0 aromatic carbocycles. The number of pyridine rings is 1. The zero-order chi connectivity index (χ0) is 14.1. The molecule has 0 bridgehead atoms. The van der Waals surface area contributed by atoms with Crippen molar-refractivity contribution in [2.24, 2.45) is 7.05 Å². The molecule has 2 aromatic heterocycles. The molecule has 1 saturated heterocycles. The maximum Gasteiger partial charge on any atom is 0.272 e. The van der Waals surface area contributed by atoms with Crippen molar-refractivity contribution in [1.82, 2.24) is 19.7 Å². The minimum Gasteiger partial charge on any atom is -0.337 e. The van der Waals surface area contributed by atoms with Crippen LogP contribution in [0.5, 0.6) is 0 Å². The number of carbonyl (C=O) groups is 1. The highest BCUT2D eigenvalue weighted by molar-refractivity contribution is 9.10. The van der Waals surface area contributed by atoms with Crippen molar-refractivity contribution in [1.29, 1.82) is 0 Å². The summed E-state index contributed by atoms with van der Waals surface area (Å²) in [6.45, 7) is 1.68. The van der Waals surface area contributed by atoms with Crippen molar-refractivity contribution >= 4 is 32.7 Å². The van der Waals surface area contributed by atoms with Crippen LogP contribution in [0.2, 0.25) is 0 Å². The van der Waals surface area contributed by atoms with Crippen LogP contribution in [-0.2, 0) is 7.05 Å². The molecule has 1 aliphatic rings. The van der Waals surface area contributed by atoms with Gasteiger partial charge in [0.1, 0.15) is 10.3 Å². The van der Waals surface area contributed by atoms with E-state index in [2.05, 4.69) is 26.0 Å². The average Bonchev–Trinajstić information content (AvgIpc) is 2.65. The SMILES string of the molecule is Cn1nc(Br)c2cnc(C(=O)N3CCCCCC3)cc21. The van der Waals surface area contributed by atoms with Gasteiger partial charge in [0.05, 0.1) is 10.9 Å². The summed E-state index contributed by atoms with van der Waals surface area (Å²) < 4.78 is 2.52. The fourth-order valence-electron chi connectivity index (χ4n) is 2.66. The van der Waals surface area contributed by atoms with Gasteiger partial charge in [0.2, 0.25) is 0 Å². The number of fused-ring (bicyclic) bond motifs is 1. The molecule has 3 heterocycles. The molecule has 0 radical (unpaired) electrons. The smallest absolute Gasteiger partial charge is 0.272 e. The van der Waals surface area contributed by atoms with Crippen LogP contribution in [0.1, 0.15) is 36.2 Å². The number of amides is 1. The molecule has 6 heteroatoms. The van der Waals surface area contributed by atoms with E-state index in [0.29, 0.717) is 5.69 Å². The predicted octanol–water partition coefficient (Wildman–Crippen LogP) is 2.75. The zero-order valence-corrected chi connectivity index (χ0v) is 13.1. The van der Waals surface area contributed by atoms with Gasteiger partial charge >= 0.3 is 0 Å². The Morgan fingerprint density at radius 1 is 1.25 bits per heavy atom. The Kier molecular flexibility index (Phi) is 3.74. The molecule has 0 spiro atoms. The highest BCUT2D eigenvalue weighted by Gasteiger charge is 2.19. The lowest BCUT2D eigenvalue weighted by Crippen LogP contribution is -2.32. The van der Waals surface area contributed by atoms with Gasteiger partial charge in [-0.1, -0.05) is 12.8 Å². The van der Waals surface area contributed by atoms with Crippen LogP contribution in [0.25, 0.3) is 10.9 Å². The highest BCUT2D eigenvalue weighted by Crippen LogP contribution is 2.23. The topological polar surface area (TPSA) is 51.0 Å². The van der Waals surface area contributed by atoms with Crippen molar-refractivity contribution in [3.63, 3.8) is 0 Å². The van der Waals surface area contributed by atoms with Gasteiger partial charge in [-0.25, -0.2) is 0 Å². The number of likely N-dealkylation sites (tertiary alicyclic amines) is 1. The second kappa shape index (κ2) is 5.52. The van der Waals surface area contributed by atoms with Crippen molar-refractivity contribution < 1.29 is 4.79 Å². The van der Waals surface area contributed by atoms with Gasteiger partial charge in [0.25, 0.3) is 5.91 Å². The maximum absolute atomic E-state index is 12.5. The summed E-state index contributed by atoms with van der Waals surface area (Å²) in [6.07, 6.45) is 6.32. The monoisotopic (exact) mass is 336 g/mol. The van der Waals surface area contributed by atoms with E-state index in [1.165, 1.54) is 12.8 Å². The fourth-order valence-corrected chi connectivity index (χ4v) is 3.21. The van der Waals surface area contributed by atoms with Crippen molar-refractivity contribution in [3.05, 3.63) is 22.6 Å². The fraction of sp³-hybridized carbons (Fsp3) is 0.500. The van der Waals surface area contributed by atoms with Crippen LogP contribution >= 0.6 is 15.9 Å². The summed E-state index contributed by atoms with van der Waals surface area (Å²) >= 11 is 3.40. The lowest BCUT2D eigenvalue weighted by molar-refractivity contribution is 0.0756. The van der Waals surface area contributed by atoms with Crippen molar-refractivity contribution in [2.75, 3.05) is 13.1 Å². The van der Waals surface area contributed by atoms with Crippen LogP contribution in [-0.4, -0.2) is 38.7 Å². The third-order valence-electron chi connectivity index (χ3n) is 3.80. The summed E-state index contributed by atoms with van der Waals surface area (Å²) in [5.74, 6) is 0.0334. The normalized spacial score (nSPS) is 16.4. The van der Waals surface area contributed by atoms with Crippen LogP contribution < -0.4 is 0 Å². The first-order chi connectivity index (χ1) is 9.66. The maximum atomic E-state index is 12.5. The third-order valence-corrected chi connectivity index (χ3v) is 4.39. The van der Waals surface area contributed by atoms with E-state index in [0.717, 1.165) is 41.4 Å². The first-order valence-corrected chi connectivity index (χ1v) is 7.73. The number of aromatic nitrogens is 3. The van der Waals surface area contributed by atoms with Crippen LogP contribution in [0.4, 0.5) is 0 Å². The van der Waals surface area contributed by atoms with Gasteiger partial charge in [-0.15, -0.1) is 0 Å². The molecule has 5 nitrogen and oxygen atoms in total. The lowest BCUT2D eigenvalue weighted by Gasteiger charge is -2.19.